The highest BCUT2D eigenvalue weighted by molar-refractivity contribution is 7.89. The highest BCUT2D eigenvalue weighted by Gasteiger charge is 2.18. The maximum absolute atomic E-state index is 12.3. The van der Waals surface area contributed by atoms with Crippen molar-refractivity contribution in [3.8, 4) is 0 Å². The highest BCUT2D eigenvalue weighted by atomic mass is 32.2. The van der Waals surface area contributed by atoms with Crippen molar-refractivity contribution in [2.75, 3.05) is 19.6 Å². The molecule has 1 aliphatic heterocycles. The van der Waals surface area contributed by atoms with Crippen molar-refractivity contribution in [1.82, 2.24) is 9.62 Å². The Hall–Kier alpha value is -1.73. The molecule has 0 atom stereocenters. The predicted molar refractivity (Wildman–Crippen MR) is 95.9 cm³/mol. The predicted octanol–water partition coefficient (Wildman–Crippen LogP) is 2.35. The van der Waals surface area contributed by atoms with Crippen LogP contribution in [0.3, 0.4) is 0 Å². The maximum Gasteiger partial charge on any atom is 0.240 e. The SMILES string of the molecule is CC(=O)c1cccc(S(=O)(=O)NCCC(=O)N2CCCCCCC2)c1. The number of nitrogens with zero attached hydrogens (tertiary/aromatic N) is 1. The third-order valence-electron chi connectivity index (χ3n) is 4.39. The summed E-state index contributed by atoms with van der Waals surface area (Å²) in [5, 5.41) is 0. The first-order chi connectivity index (χ1) is 11.9. The fraction of sp³-hybridized carbons (Fsp3) is 0.556. The minimum Gasteiger partial charge on any atom is -0.343 e. The molecule has 1 aromatic carbocycles. The lowest BCUT2D eigenvalue weighted by Gasteiger charge is -2.24. The van der Waals surface area contributed by atoms with Gasteiger partial charge in [0.2, 0.25) is 15.9 Å². The summed E-state index contributed by atoms with van der Waals surface area (Å²) in [6.45, 7) is 2.96. The number of likely N-dealkylation sites (tertiary alicyclic amines) is 1. The Bertz CT molecular complexity index is 708. The smallest absolute Gasteiger partial charge is 0.240 e. The first kappa shape index (κ1) is 19.6. The van der Waals surface area contributed by atoms with Gasteiger partial charge in [0.05, 0.1) is 4.90 Å². The quantitative estimate of drug-likeness (QED) is 0.784. The van der Waals surface area contributed by atoms with Gasteiger partial charge >= 0.3 is 0 Å². The molecule has 0 unspecified atom stereocenters. The van der Waals surface area contributed by atoms with Crippen molar-refractivity contribution in [2.24, 2.45) is 0 Å². The van der Waals surface area contributed by atoms with E-state index >= 15 is 0 Å². The summed E-state index contributed by atoms with van der Waals surface area (Å²) in [6.07, 6.45) is 5.67. The van der Waals surface area contributed by atoms with Crippen molar-refractivity contribution in [2.45, 2.75) is 50.3 Å². The molecule has 0 radical (unpaired) electrons. The van der Waals surface area contributed by atoms with Crippen molar-refractivity contribution in [3.63, 3.8) is 0 Å². The molecule has 1 saturated heterocycles. The van der Waals surface area contributed by atoms with Gasteiger partial charge in [0.1, 0.15) is 0 Å². The number of Topliss-reactive ketones (excluding diaryl/α,β-unsaturated/α-hetero) is 1. The van der Waals surface area contributed by atoms with Gasteiger partial charge in [-0.15, -0.1) is 0 Å². The van der Waals surface area contributed by atoms with Crippen LogP contribution < -0.4 is 4.72 Å². The van der Waals surface area contributed by atoms with Crippen LogP contribution in [0.4, 0.5) is 0 Å². The van der Waals surface area contributed by atoms with Crippen LogP contribution in [0.15, 0.2) is 29.2 Å². The van der Waals surface area contributed by atoms with Crippen molar-refractivity contribution in [1.29, 1.82) is 0 Å². The third kappa shape index (κ3) is 5.93. The van der Waals surface area contributed by atoms with E-state index in [4.69, 9.17) is 0 Å². The molecular formula is C18H26N2O4S. The number of hydrogen-bond donors (Lipinski definition) is 1. The zero-order valence-electron chi connectivity index (χ0n) is 14.7. The van der Waals surface area contributed by atoms with Crippen LogP contribution in [0.1, 0.15) is 55.8 Å². The molecule has 7 heteroatoms. The zero-order chi connectivity index (χ0) is 18.3. The molecule has 1 heterocycles. The van der Waals surface area contributed by atoms with E-state index in [1.165, 1.54) is 31.5 Å². The molecule has 1 fully saturated rings. The minimum atomic E-state index is -3.73. The number of carbonyl (C=O) groups is 2. The molecule has 1 amide bonds. The highest BCUT2D eigenvalue weighted by Crippen LogP contribution is 2.13. The van der Waals surface area contributed by atoms with E-state index in [2.05, 4.69) is 4.72 Å². The van der Waals surface area contributed by atoms with Crippen LogP contribution in [0, 0.1) is 0 Å². The number of ketones is 1. The molecule has 1 N–H and O–H groups in total. The van der Waals surface area contributed by atoms with E-state index < -0.39 is 10.0 Å². The van der Waals surface area contributed by atoms with Crippen LogP contribution in [-0.2, 0) is 14.8 Å². The van der Waals surface area contributed by atoms with Gasteiger partial charge in [0.25, 0.3) is 0 Å². The molecule has 25 heavy (non-hydrogen) atoms. The van der Waals surface area contributed by atoms with Crippen LogP contribution in [0.5, 0.6) is 0 Å². The van der Waals surface area contributed by atoms with Gasteiger partial charge in [-0.3, -0.25) is 9.59 Å². The number of nitrogens with one attached hydrogen (secondary N) is 1. The summed E-state index contributed by atoms with van der Waals surface area (Å²) >= 11 is 0. The Morgan fingerprint density at radius 1 is 1.08 bits per heavy atom. The summed E-state index contributed by atoms with van der Waals surface area (Å²) in [7, 11) is -3.73. The summed E-state index contributed by atoms with van der Waals surface area (Å²) in [6, 6.07) is 5.91. The third-order valence-corrected chi connectivity index (χ3v) is 5.85. The van der Waals surface area contributed by atoms with Crippen molar-refractivity contribution >= 4 is 21.7 Å². The fourth-order valence-corrected chi connectivity index (χ4v) is 3.99. The van der Waals surface area contributed by atoms with Gasteiger partial charge in [0, 0.05) is 31.6 Å². The number of hydrogen-bond acceptors (Lipinski definition) is 4. The Kier molecular flexibility index (Phi) is 7.13. The van der Waals surface area contributed by atoms with Crippen molar-refractivity contribution < 1.29 is 18.0 Å². The lowest BCUT2D eigenvalue weighted by Crippen LogP contribution is -2.36. The lowest BCUT2D eigenvalue weighted by molar-refractivity contribution is -0.131. The maximum atomic E-state index is 12.3. The van der Waals surface area contributed by atoms with E-state index in [1.807, 2.05) is 4.90 Å². The van der Waals surface area contributed by atoms with E-state index in [9.17, 15) is 18.0 Å². The first-order valence-corrected chi connectivity index (χ1v) is 10.3. The molecule has 0 saturated carbocycles. The molecule has 0 aromatic heterocycles. The van der Waals surface area contributed by atoms with Gasteiger partial charge in [-0.05, 0) is 31.9 Å². The molecule has 138 valence electrons. The van der Waals surface area contributed by atoms with Gasteiger partial charge in [-0.1, -0.05) is 31.4 Å². The molecule has 6 nitrogen and oxygen atoms in total. The van der Waals surface area contributed by atoms with Gasteiger partial charge < -0.3 is 4.90 Å². The summed E-state index contributed by atoms with van der Waals surface area (Å²) in [5.74, 6) is -0.202. The van der Waals surface area contributed by atoms with Gasteiger partial charge in [-0.25, -0.2) is 13.1 Å². The monoisotopic (exact) mass is 366 g/mol. The molecule has 0 bridgehead atoms. The second-order valence-electron chi connectivity index (χ2n) is 6.38. The Morgan fingerprint density at radius 3 is 2.36 bits per heavy atom. The number of sulfonamides is 1. The average molecular weight is 366 g/mol. The second-order valence-corrected chi connectivity index (χ2v) is 8.15. The van der Waals surface area contributed by atoms with Crippen LogP contribution in [-0.4, -0.2) is 44.6 Å². The minimum absolute atomic E-state index is 0.0120. The molecule has 1 aromatic rings. The topological polar surface area (TPSA) is 83.5 Å². The molecule has 1 aliphatic rings. The number of benzene rings is 1. The van der Waals surface area contributed by atoms with E-state index in [1.54, 1.807) is 6.07 Å². The fourth-order valence-electron chi connectivity index (χ4n) is 2.91. The van der Waals surface area contributed by atoms with E-state index in [0.717, 1.165) is 38.8 Å². The number of carbonyl (C=O) groups excluding carboxylic acids is 2. The average Bonchev–Trinajstić information content (AvgIpc) is 2.54. The largest absolute Gasteiger partial charge is 0.343 e. The van der Waals surface area contributed by atoms with Gasteiger partial charge in [-0.2, -0.15) is 0 Å². The van der Waals surface area contributed by atoms with Gasteiger partial charge in [0.15, 0.2) is 5.78 Å². The molecular weight excluding hydrogens is 340 g/mol. The Balaban J connectivity index is 1.90. The summed E-state index contributed by atoms with van der Waals surface area (Å²) in [4.78, 5) is 25.5. The molecule has 2 rings (SSSR count). The zero-order valence-corrected chi connectivity index (χ0v) is 15.5. The lowest BCUT2D eigenvalue weighted by atomic mass is 10.1. The second kappa shape index (κ2) is 9.10. The van der Waals surface area contributed by atoms with E-state index in [-0.39, 0.29) is 29.6 Å². The van der Waals surface area contributed by atoms with E-state index in [0.29, 0.717) is 5.56 Å². The standard InChI is InChI=1S/C18H26N2O4S/c1-15(21)16-8-7-9-17(14-16)25(23,24)19-11-10-18(22)20-12-5-3-2-4-6-13-20/h7-9,14,19H,2-6,10-13H2,1H3. The molecule has 0 aliphatic carbocycles. The van der Waals surface area contributed by atoms with Crippen LogP contribution in [0.2, 0.25) is 0 Å². The molecule has 0 spiro atoms. The number of rotatable bonds is 6. The first-order valence-electron chi connectivity index (χ1n) is 8.78. The Morgan fingerprint density at radius 2 is 1.72 bits per heavy atom. The number of amides is 1. The van der Waals surface area contributed by atoms with Crippen LogP contribution in [0.25, 0.3) is 0 Å². The van der Waals surface area contributed by atoms with Crippen molar-refractivity contribution in [3.05, 3.63) is 29.8 Å². The summed E-state index contributed by atoms with van der Waals surface area (Å²) < 4.78 is 27.1. The summed E-state index contributed by atoms with van der Waals surface area (Å²) in [5.41, 5.74) is 0.347. The normalized spacial score (nSPS) is 16.1. The Labute approximate surface area is 149 Å². The van der Waals surface area contributed by atoms with Crippen LogP contribution >= 0.6 is 0 Å².